The predicted molar refractivity (Wildman–Crippen MR) is 89.5 cm³/mol. The van der Waals surface area contributed by atoms with E-state index in [2.05, 4.69) is 9.12 Å². The van der Waals surface area contributed by atoms with Crippen molar-refractivity contribution in [3.05, 3.63) is 23.8 Å². The van der Waals surface area contributed by atoms with E-state index in [1.54, 1.807) is 25.1 Å². The first-order valence-corrected chi connectivity index (χ1v) is 8.73. The average molecular weight is 336 g/mol. The molecular formula is C15H20N4O3S. The Morgan fingerprint density at radius 2 is 2.35 bits per heavy atom. The number of likely N-dealkylation sites (tertiary alicyclic amines) is 1. The third-order valence-corrected chi connectivity index (χ3v) is 4.88. The van der Waals surface area contributed by atoms with Crippen LogP contribution in [0, 0.1) is 0 Å². The minimum absolute atomic E-state index is 0.0703. The van der Waals surface area contributed by atoms with E-state index in [-0.39, 0.29) is 17.8 Å². The van der Waals surface area contributed by atoms with Crippen molar-refractivity contribution >= 4 is 28.6 Å². The van der Waals surface area contributed by atoms with Crippen LogP contribution in [0.15, 0.2) is 22.6 Å². The molecule has 0 spiro atoms. The van der Waals surface area contributed by atoms with E-state index in [9.17, 15) is 9.00 Å². The maximum absolute atomic E-state index is 11.7. The second-order valence-corrected chi connectivity index (χ2v) is 6.56. The molecule has 0 aromatic heterocycles. The van der Waals surface area contributed by atoms with Crippen molar-refractivity contribution in [3.8, 4) is 5.75 Å². The lowest BCUT2D eigenvalue weighted by molar-refractivity contribution is -0.133. The molecule has 7 nitrogen and oxygen atoms in total. The van der Waals surface area contributed by atoms with Gasteiger partial charge in [-0.15, -0.1) is 0 Å². The number of hydrogen-bond acceptors (Lipinski definition) is 4. The summed E-state index contributed by atoms with van der Waals surface area (Å²) in [6.07, 6.45) is 3.06. The van der Waals surface area contributed by atoms with Crippen molar-refractivity contribution in [1.29, 1.82) is 0 Å². The normalized spacial score (nSPS) is 23.5. The van der Waals surface area contributed by atoms with Crippen LogP contribution >= 0.6 is 0 Å². The molecule has 2 heterocycles. The Hall–Kier alpha value is -2.09. The van der Waals surface area contributed by atoms with Gasteiger partial charge in [0.05, 0.1) is 17.3 Å². The summed E-state index contributed by atoms with van der Waals surface area (Å²) in [7, 11) is 0. The minimum Gasteiger partial charge on any atom is -0.491 e. The fraction of sp³-hybridized carbons (Fsp3) is 0.467. The molecule has 3 rings (SSSR count). The van der Waals surface area contributed by atoms with E-state index in [0.29, 0.717) is 23.6 Å². The zero-order valence-corrected chi connectivity index (χ0v) is 13.8. The lowest BCUT2D eigenvalue weighted by atomic mass is 10.0. The van der Waals surface area contributed by atoms with E-state index in [1.165, 1.54) is 0 Å². The quantitative estimate of drug-likeness (QED) is 0.866. The van der Waals surface area contributed by atoms with Gasteiger partial charge < -0.3 is 15.4 Å². The van der Waals surface area contributed by atoms with Crippen LogP contribution in [0.1, 0.15) is 31.7 Å². The summed E-state index contributed by atoms with van der Waals surface area (Å²) in [5, 5.41) is 0. The molecule has 1 aromatic carbocycles. The third-order valence-electron chi connectivity index (χ3n) is 4.12. The van der Waals surface area contributed by atoms with Crippen LogP contribution in [0.2, 0.25) is 0 Å². The van der Waals surface area contributed by atoms with Crippen LogP contribution in [0.4, 0.5) is 5.69 Å². The zero-order valence-electron chi connectivity index (χ0n) is 12.9. The molecule has 8 heteroatoms. The summed E-state index contributed by atoms with van der Waals surface area (Å²) < 4.78 is 24.0. The fourth-order valence-corrected chi connectivity index (χ4v) is 3.70. The van der Waals surface area contributed by atoms with Gasteiger partial charge in [-0.25, -0.2) is 4.21 Å². The molecule has 3 N–H and O–H groups in total. The van der Waals surface area contributed by atoms with Crippen molar-refractivity contribution < 1.29 is 13.7 Å². The van der Waals surface area contributed by atoms with Crippen LogP contribution < -0.4 is 15.2 Å². The molecule has 1 amide bonds. The lowest BCUT2D eigenvalue weighted by Crippen LogP contribution is -2.45. The van der Waals surface area contributed by atoms with Crippen molar-refractivity contribution in [2.45, 2.75) is 32.2 Å². The van der Waals surface area contributed by atoms with Crippen molar-refractivity contribution in [2.75, 3.05) is 17.9 Å². The largest absolute Gasteiger partial charge is 0.491 e. The van der Waals surface area contributed by atoms with E-state index in [0.717, 1.165) is 25.8 Å². The number of nitrogens with zero attached hydrogens (tertiary/aromatic N) is 2. The second-order valence-electron chi connectivity index (χ2n) is 5.68. The van der Waals surface area contributed by atoms with Crippen LogP contribution in [0.25, 0.3) is 0 Å². The molecular weight excluding hydrogens is 316 g/mol. The maximum atomic E-state index is 11.7. The number of amidine groups is 1. The Bertz CT molecular complexity index is 677. The first-order valence-electron chi connectivity index (χ1n) is 7.62. The number of benzene rings is 1. The van der Waals surface area contributed by atoms with Crippen LogP contribution in [0.3, 0.4) is 0 Å². The number of carbonyl (C=O) groups excluding carboxylic acids is 1. The second kappa shape index (κ2) is 6.57. The van der Waals surface area contributed by atoms with Crippen molar-refractivity contribution in [2.24, 2.45) is 10.1 Å². The molecule has 2 aliphatic rings. The Kier molecular flexibility index (Phi) is 4.51. The Morgan fingerprint density at radius 1 is 1.52 bits per heavy atom. The molecule has 23 heavy (non-hydrogen) atoms. The van der Waals surface area contributed by atoms with Gasteiger partial charge >= 0.3 is 0 Å². The number of anilines is 1. The van der Waals surface area contributed by atoms with E-state index < -0.39 is 11.2 Å². The number of hydrogen-bond donors (Lipinski definition) is 2. The van der Waals surface area contributed by atoms with Crippen LogP contribution in [0.5, 0.6) is 5.75 Å². The molecule has 0 aliphatic carbocycles. The van der Waals surface area contributed by atoms with Gasteiger partial charge in [0.15, 0.2) is 0 Å². The molecule has 1 fully saturated rings. The van der Waals surface area contributed by atoms with Gasteiger partial charge in [-0.2, -0.15) is 4.40 Å². The molecule has 124 valence electrons. The van der Waals surface area contributed by atoms with E-state index >= 15 is 0 Å². The van der Waals surface area contributed by atoms with E-state index in [4.69, 9.17) is 10.5 Å². The molecule has 2 atom stereocenters. The molecule has 0 saturated carbocycles. The van der Waals surface area contributed by atoms with Gasteiger partial charge in [-0.1, -0.05) is 6.07 Å². The number of ether oxygens (including phenoxy) is 1. The van der Waals surface area contributed by atoms with Gasteiger partial charge in [0.1, 0.15) is 18.2 Å². The summed E-state index contributed by atoms with van der Waals surface area (Å²) in [4.78, 5) is 13.6. The number of amides is 1. The summed E-state index contributed by atoms with van der Waals surface area (Å²) in [5.41, 5.74) is 7.16. The highest BCUT2D eigenvalue weighted by atomic mass is 32.2. The standard InChI is InChI=1S/C15H20N4O3S/c1-10(20)19-8-3-2-5-11(19)9-22-13-7-4-6-12-14(13)15(16)18-23(21)17-12/h4,6-7,11,17H,2-3,5,8-9H2,1H3,(H2,16,18). The Balaban J connectivity index is 1.77. The topological polar surface area (TPSA) is 97.0 Å². The molecule has 0 radical (unpaired) electrons. The summed E-state index contributed by atoms with van der Waals surface area (Å²) in [5.74, 6) is 0.855. The third kappa shape index (κ3) is 3.31. The SMILES string of the molecule is CC(=O)N1CCCCC1COc1cccc2c1C(N)=NS(=O)N2. The van der Waals surface area contributed by atoms with E-state index in [1.807, 2.05) is 4.90 Å². The molecule has 0 bridgehead atoms. The molecule has 1 saturated heterocycles. The molecule has 2 aliphatic heterocycles. The number of carbonyl (C=O) groups is 1. The Morgan fingerprint density at radius 3 is 3.13 bits per heavy atom. The van der Waals surface area contributed by atoms with Gasteiger partial charge in [0, 0.05) is 13.5 Å². The molecule has 2 unspecified atom stereocenters. The Labute approximate surface area is 137 Å². The number of piperidine rings is 1. The van der Waals surface area contributed by atoms with Crippen LogP contribution in [-0.4, -0.2) is 40.0 Å². The fourth-order valence-electron chi connectivity index (χ4n) is 3.03. The maximum Gasteiger partial charge on any atom is 0.245 e. The first kappa shape index (κ1) is 15.8. The van der Waals surface area contributed by atoms with Gasteiger partial charge in [0.2, 0.25) is 17.1 Å². The van der Waals surface area contributed by atoms with Gasteiger partial charge in [0.25, 0.3) is 0 Å². The zero-order chi connectivity index (χ0) is 16.4. The molecule has 1 aromatic rings. The summed E-state index contributed by atoms with van der Waals surface area (Å²) in [6.45, 7) is 2.78. The lowest BCUT2D eigenvalue weighted by Gasteiger charge is -2.35. The van der Waals surface area contributed by atoms with Crippen molar-refractivity contribution in [1.82, 2.24) is 4.90 Å². The highest BCUT2D eigenvalue weighted by Crippen LogP contribution is 2.30. The smallest absolute Gasteiger partial charge is 0.245 e. The minimum atomic E-state index is -1.56. The first-order chi connectivity index (χ1) is 11.1. The van der Waals surface area contributed by atoms with Gasteiger partial charge in [-0.3, -0.25) is 9.52 Å². The monoisotopic (exact) mass is 336 g/mol. The predicted octanol–water partition coefficient (Wildman–Crippen LogP) is 1.18. The number of fused-ring (bicyclic) bond motifs is 1. The van der Waals surface area contributed by atoms with Crippen molar-refractivity contribution in [3.63, 3.8) is 0 Å². The summed E-state index contributed by atoms with van der Waals surface area (Å²) in [6, 6.07) is 5.46. The highest BCUT2D eigenvalue weighted by molar-refractivity contribution is 7.85. The number of nitrogens with two attached hydrogens (primary N) is 1. The van der Waals surface area contributed by atoms with Crippen LogP contribution in [-0.2, 0) is 16.0 Å². The highest BCUT2D eigenvalue weighted by Gasteiger charge is 2.26. The van der Waals surface area contributed by atoms with Gasteiger partial charge in [-0.05, 0) is 31.4 Å². The summed E-state index contributed by atoms with van der Waals surface area (Å²) >= 11 is -1.56. The average Bonchev–Trinajstić information content (AvgIpc) is 2.52. The number of rotatable bonds is 3. The number of nitrogens with one attached hydrogen (secondary N) is 1.